The zero-order chi connectivity index (χ0) is 19.8. The van der Waals surface area contributed by atoms with E-state index in [-0.39, 0.29) is 11.5 Å². The first-order chi connectivity index (χ1) is 11.1. The second-order valence-corrected chi connectivity index (χ2v) is 13.7. The summed E-state index contributed by atoms with van der Waals surface area (Å²) >= 11 is 0. The van der Waals surface area contributed by atoms with E-state index in [1.165, 1.54) is 7.11 Å². The molecule has 1 heterocycles. The molecule has 0 aromatic heterocycles. The molecule has 0 aromatic carbocycles. The number of carbonyl (C=O) groups excluding carboxylic acids is 2. The fourth-order valence-corrected chi connectivity index (χ4v) is 3.71. The van der Waals surface area contributed by atoms with Crippen molar-refractivity contribution in [2.45, 2.75) is 90.1 Å². The van der Waals surface area contributed by atoms with Crippen LogP contribution in [0.3, 0.4) is 0 Å². The van der Waals surface area contributed by atoms with E-state index in [1.807, 2.05) is 0 Å². The molecule has 1 rings (SSSR count). The van der Waals surface area contributed by atoms with Gasteiger partial charge in [0.15, 0.2) is 14.5 Å². The number of aliphatic hydroxyl groups is 1. The monoisotopic (exact) mass is 375 g/mol. The van der Waals surface area contributed by atoms with Crippen LogP contribution in [0, 0.1) is 0 Å². The van der Waals surface area contributed by atoms with Crippen molar-refractivity contribution < 1.29 is 28.6 Å². The predicted molar refractivity (Wildman–Crippen MR) is 96.6 cm³/mol. The number of nitrogens with zero attached hydrogens (tertiary/aromatic N) is 1. The van der Waals surface area contributed by atoms with Gasteiger partial charge in [0, 0.05) is 6.42 Å². The van der Waals surface area contributed by atoms with E-state index in [4.69, 9.17) is 13.9 Å². The standard InChI is InChI=1S/C17H33NO6Si/c1-16(2,3)23-15(21)18-11(14(20)22-7)10-12(13(18)19)24-25(8,9)17(4,5)6/h11-13,19H,10H2,1-9H3/t11-,12?,13?/m0/s1. The van der Waals surface area contributed by atoms with E-state index in [9.17, 15) is 14.7 Å². The molecular formula is C17H33NO6Si. The van der Waals surface area contributed by atoms with Gasteiger partial charge in [-0.05, 0) is 38.9 Å². The first-order valence-corrected chi connectivity index (χ1v) is 11.5. The average Bonchev–Trinajstić information content (AvgIpc) is 2.71. The number of aliphatic hydroxyl groups excluding tert-OH is 1. The Hall–Kier alpha value is -1.12. The fourth-order valence-electron chi connectivity index (χ4n) is 2.38. The van der Waals surface area contributed by atoms with Crippen molar-refractivity contribution in [3.63, 3.8) is 0 Å². The Morgan fingerprint density at radius 1 is 1.12 bits per heavy atom. The molecule has 1 amide bonds. The Morgan fingerprint density at radius 2 is 1.64 bits per heavy atom. The van der Waals surface area contributed by atoms with E-state index in [1.54, 1.807) is 20.8 Å². The molecule has 146 valence electrons. The molecule has 3 atom stereocenters. The number of ether oxygens (including phenoxy) is 2. The van der Waals surface area contributed by atoms with Crippen LogP contribution < -0.4 is 0 Å². The minimum atomic E-state index is -2.19. The second-order valence-electron chi connectivity index (χ2n) is 8.99. The maximum atomic E-state index is 12.5. The van der Waals surface area contributed by atoms with Crippen molar-refractivity contribution in [2.75, 3.05) is 7.11 Å². The molecule has 0 radical (unpaired) electrons. The van der Waals surface area contributed by atoms with Crippen molar-refractivity contribution >= 4 is 20.4 Å². The number of esters is 1. The van der Waals surface area contributed by atoms with Crippen LogP contribution in [0.25, 0.3) is 0 Å². The minimum Gasteiger partial charge on any atom is -0.467 e. The molecule has 1 N–H and O–H groups in total. The highest BCUT2D eigenvalue weighted by atomic mass is 28.4. The van der Waals surface area contributed by atoms with Crippen molar-refractivity contribution in [1.82, 2.24) is 4.90 Å². The summed E-state index contributed by atoms with van der Waals surface area (Å²) in [5.41, 5.74) is -0.740. The molecule has 0 spiro atoms. The van der Waals surface area contributed by atoms with Gasteiger partial charge < -0.3 is 19.0 Å². The average molecular weight is 376 g/mol. The summed E-state index contributed by atoms with van der Waals surface area (Å²) in [5.74, 6) is -0.591. The summed E-state index contributed by atoms with van der Waals surface area (Å²) in [4.78, 5) is 25.7. The molecule has 0 saturated carbocycles. The summed E-state index contributed by atoms with van der Waals surface area (Å²) in [7, 11) is -0.934. The van der Waals surface area contributed by atoms with E-state index in [2.05, 4.69) is 33.9 Å². The molecule has 2 unspecified atom stereocenters. The van der Waals surface area contributed by atoms with Crippen LogP contribution in [0.5, 0.6) is 0 Å². The van der Waals surface area contributed by atoms with Crippen LogP contribution in [-0.2, 0) is 18.7 Å². The van der Waals surface area contributed by atoms with Crippen molar-refractivity contribution in [3.8, 4) is 0 Å². The highest BCUT2D eigenvalue weighted by Crippen LogP contribution is 2.40. The van der Waals surface area contributed by atoms with Gasteiger partial charge in [-0.1, -0.05) is 20.8 Å². The van der Waals surface area contributed by atoms with Gasteiger partial charge in [-0.25, -0.2) is 9.59 Å². The van der Waals surface area contributed by atoms with Crippen LogP contribution >= 0.6 is 0 Å². The highest BCUT2D eigenvalue weighted by molar-refractivity contribution is 6.74. The lowest BCUT2D eigenvalue weighted by atomic mass is 10.2. The van der Waals surface area contributed by atoms with E-state index >= 15 is 0 Å². The van der Waals surface area contributed by atoms with Crippen molar-refractivity contribution in [3.05, 3.63) is 0 Å². The maximum absolute atomic E-state index is 12.5. The Labute approximate surface area is 151 Å². The largest absolute Gasteiger partial charge is 0.467 e. The molecule has 1 aliphatic rings. The molecule has 8 heteroatoms. The summed E-state index contributed by atoms with van der Waals surface area (Å²) < 4.78 is 16.4. The number of hydrogen-bond donors (Lipinski definition) is 1. The van der Waals surface area contributed by atoms with Gasteiger partial charge in [0.05, 0.1) is 13.2 Å². The van der Waals surface area contributed by atoms with Gasteiger partial charge in [-0.3, -0.25) is 4.90 Å². The normalized spacial score (nSPS) is 25.0. The van der Waals surface area contributed by atoms with Gasteiger partial charge in [0.1, 0.15) is 11.6 Å². The lowest BCUT2D eigenvalue weighted by Gasteiger charge is -2.39. The predicted octanol–water partition coefficient (Wildman–Crippen LogP) is 2.88. The summed E-state index contributed by atoms with van der Waals surface area (Å²) in [6.45, 7) is 15.6. The third-order valence-electron chi connectivity index (χ3n) is 4.74. The molecule has 0 aliphatic carbocycles. The number of hydrogen-bond acceptors (Lipinski definition) is 6. The SMILES string of the molecule is COC(=O)[C@@H]1CC(O[Si](C)(C)C(C)(C)C)C(O)N1C(=O)OC(C)(C)C. The lowest BCUT2D eigenvalue weighted by molar-refractivity contribution is -0.148. The van der Waals surface area contributed by atoms with Crippen molar-refractivity contribution in [1.29, 1.82) is 0 Å². The van der Waals surface area contributed by atoms with Gasteiger partial charge in [-0.15, -0.1) is 0 Å². The zero-order valence-corrected chi connectivity index (χ0v) is 17.9. The molecule has 0 bridgehead atoms. The Bertz CT molecular complexity index is 508. The first-order valence-electron chi connectivity index (χ1n) is 8.56. The summed E-state index contributed by atoms with van der Waals surface area (Å²) in [5, 5.41) is 10.6. The second kappa shape index (κ2) is 7.24. The lowest BCUT2D eigenvalue weighted by Crippen LogP contribution is -2.50. The number of likely N-dealkylation sites (tertiary alicyclic amines) is 1. The molecule has 1 saturated heterocycles. The number of rotatable bonds is 3. The molecule has 0 aromatic rings. The number of amides is 1. The van der Waals surface area contributed by atoms with Crippen LogP contribution in [0.2, 0.25) is 18.1 Å². The van der Waals surface area contributed by atoms with Gasteiger partial charge in [-0.2, -0.15) is 0 Å². The van der Waals surface area contributed by atoms with E-state index < -0.39 is 44.4 Å². The molecular weight excluding hydrogens is 342 g/mol. The number of methoxy groups -OCH3 is 1. The van der Waals surface area contributed by atoms with Crippen LogP contribution in [-0.4, -0.2) is 61.5 Å². The zero-order valence-electron chi connectivity index (χ0n) is 16.9. The van der Waals surface area contributed by atoms with Crippen LogP contribution in [0.1, 0.15) is 48.0 Å². The minimum absolute atomic E-state index is 0.0627. The van der Waals surface area contributed by atoms with E-state index in [0.717, 1.165) is 4.90 Å². The van der Waals surface area contributed by atoms with Crippen LogP contribution in [0.15, 0.2) is 0 Å². The smallest absolute Gasteiger partial charge is 0.413 e. The first kappa shape index (κ1) is 21.9. The highest BCUT2D eigenvalue weighted by Gasteiger charge is 2.52. The Kier molecular flexibility index (Phi) is 6.35. The Morgan fingerprint density at radius 3 is 2.04 bits per heavy atom. The third-order valence-corrected chi connectivity index (χ3v) is 9.24. The number of carbonyl (C=O) groups is 2. The fraction of sp³-hybridized carbons (Fsp3) is 0.882. The molecule has 25 heavy (non-hydrogen) atoms. The van der Waals surface area contributed by atoms with Crippen molar-refractivity contribution in [2.24, 2.45) is 0 Å². The Balaban J connectivity index is 3.07. The molecule has 1 aliphatic heterocycles. The third kappa shape index (κ3) is 5.18. The summed E-state index contributed by atoms with van der Waals surface area (Å²) in [6.07, 6.45) is -2.48. The van der Waals surface area contributed by atoms with Gasteiger partial charge >= 0.3 is 12.1 Å². The molecule has 7 nitrogen and oxygen atoms in total. The van der Waals surface area contributed by atoms with E-state index in [0.29, 0.717) is 0 Å². The quantitative estimate of drug-likeness (QED) is 0.603. The van der Waals surface area contributed by atoms with Gasteiger partial charge in [0.2, 0.25) is 0 Å². The van der Waals surface area contributed by atoms with Crippen LogP contribution in [0.4, 0.5) is 4.79 Å². The molecule has 1 fully saturated rings. The topological polar surface area (TPSA) is 85.3 Å². The summed E-state index contributed by atoms with van der Waals surface area (Å²) in [6, 6.07) is -0.926. The maximum Gasteiger partial charge on any atom is 0.413 e. The van der Waals surface area contributed by atoms with Gasteiger partial charge in [0.25, 0.3) is 0 Å².